The summed E-state index contributed by atoms with van der Waals surface area (Å²) in [6.07, 6.45) is 0. The largest absolute Gasteiger partial charge is 0.355 e. The maximum absolute atomic E-state index is 10.2. The quantitative estimate of drug-likeness (QED) is 0.503. The van der Waals surface area contributed by atoms with Crippen LogP contribution in [0.4, 0.5) is 0 Å². The van der Waals surface area contributed by atoms with Gasteiger partial charge >= 0.3 is 6.56 Å². The molecule has 0 fully saturated rings. The molecule has 0 aromatic carbocycles. The van der Waals surface area contributed by atoms with E-state index in [0.717, 1.165) is 6.56 Å². The minimum atomic E-state index is -3.97. The van der Waals surface area contributed by atoms with Crippen molar-refractivity contribution in [1.29, 1.82) is 0 Å². The van der Waals surface area contributed by atoms with Crippen LogP contribution in [0.2, 0.25) is 0 Å². The van der Waals surface area contributed by atoms with Crippen LogP contribution in [0.1, 0.15) is 0 Å². The number of hydrogen-bond donors (Lipinski definition) is 1. The second-order valence-corrected chi connectivity index (χ2v) is 3.74. The van der Waals surface area contributed by atoms with Crippen LogP contribution >= 0.6 is 11.3 Å². The zero-order chi connectivity index (χ0) is 7.61. The fourth-order valence-corrected chi connectivity index (χ4v) is 1.71. The summed E-state index contributed by atoms with van der Waals surface area (Å²) in [7, 11) is -3.97. The molecule has 0 unspecified atom stereocenters. The Balaban J connectivity index is 2.75. The van der Waals surface area contributed by atoms with Gasteiger partial charge in [0.15, 0.2) is 0 Å². The summed E-state index contributed by atoms with van der Waals surface area (Å²) in [5.41, 5.74) is 0.507. The zero-order valence-electron chi connectivity index (χ0n) is 4.89. The third-order valence-electron chi connectivity index (χ3n) is 0.828. The van der Waals surface area contributed by atoms with Gasteiger partial charge in [-0.25, -0.2) is 8.42 Å². The Kier molecular flexibility index (Phi) is 2.13. The number of thiophene rings is 1. The highest BCUT2D eigenvalue weighted by molar-refractivity contribution is 8.12. The lowest BCUT2D eigenvalue weighted by Crippen LogP contribution is -2.21. The first-order valence-electron chi connectivity index (χ1n) is 2.42. The molecule has 10 heavy (non-hydrogen) atoms. The highest BCUT2D eigenvalue weighted by Crippen LogP contribution is 1.92. The molecule has 1 aromatic heterocycles. The number of rotatable bonds is 2. The first-order chi connectivity index (χ1) is 4.58. The molecule has 0 atom stereocenters. The second-order valence-electron chi connectivity index (χ2n) is 1.69. The Morgan fingerprint density at radius 1 is 1.60 bits per heavy atom. The van der Waals surface area contributed by atoms with Crippen molar-refractivity contribution in [2.75, 3.05) is 0 Å². The second kappa shape index (κ2) is 2.73. The summed E-state index contributed by atoms with van der Waals surface area (Å²) in [6, 6.07) is 1.61. The monoisotopic (exact) mass is 175 g/mol. The molecule has 0 saturated carbocycles. The normalized spacial score (nSPS) is 11.3. The average molecular weight is 175 g/mol. The Hall–Kier alpha value is -0.325. The van der Waals surface area contributed by atoms with E-state index in [0.29, 0.717) is 5.46 Å². The molecule has 1 aromatic rings. The van der Waals surface area contributed by atoms with Gasteiger partial charge in [-0.05, 0) is 10.8 Å². The van der Waals surface area contributed by atoms with E-state index in [4.69, 9.17) is 4.55 Å². The van der Waals surface area contributed by atoms with Crippen molar-refractivity contribution in [2.24, 2.45) is 0 Å². The molecular formula is C4H4BO3S2. The molecule has 0 aliphatic carbocycles. The summed E-state index contributed by atoms with van der Waals surface area (Å²) in [4.78, 5) is 0. The molecule has 1 heterocycles. The van der Waals surface area contributed by atoms with Gasteiger partial charge in [-0.15, -0.1) is 0 Å². The van der Waals surface area contributed by atoms with E-state index in [1.807, 2.05) is 0 Å². The van der Waals surface area contributed by atoms with E-state index >= 15 is 0 Å². The van der Waals surface area contributed by atoms with Gasteiger partial charge in [0.25, 0.3) is 0 Å². The standard InChI is InChI=1S/C4H4BO3S2/c6-10(7,8)5-4-1-2-9-3-4/h1-3H,(H,6,7,8). The predicted octanol–water partition coefficient (Wildman–Crippen LogP) is -0.120. The van der Waals surface area contributed by atoms with Crippen molar-refractivity contribution < 1.29 is 13.0 Å². The van der Waals surface area contributed by atoms with Gasteiger partial charge in [0, 0.05) is 0 Å². The lowest BCUT2D eigenvalue weighted by Gasteiger charge is -1.87. The van der Waals surface area contributed by atoms with Gasteiger partial charge in [0.1, 0.15) is 0 Å². The van der Waals surface area contributed by atoms with Gasteiger partial charge in [-0.1, -0.05) is 11.5 Å². The minimum Gasteiger partial charge on any atom is -0.295 e. The van der Waals surface area contributed by atoms with Crippen LogP contribution in [-0.2, 0) is 9.97 Å². The van der Waals surface area contributed by atoms with Crippen LogP contribution in [0, 0.1) is 0 Å². The van der Waals surface area contributed by atoms with E-state index in [-0.39, 0.29) is 0 Å². The molecule has 0 aliphatic heterocycles. The Morgan fingerprint density at radius 3 is 2.70 bits per heavy atom. The van der Waals surface area contributed by atoms with E-state index in [1.165, 1.54) is 11.3 Å². The van der Waals surface area contributed by atoms with Crippen LogP contribution in [0.15, 0.2) is 16.8 Å². The Bertz CT molecular complexity index is 288. The lowest BCUT2D eigenvalue weighted by molar-refractivity contribution is 0.501. The predicted molar refractivity (Wildman–Crippen MR) is 41.3 cm³/mol. The minimum absolute atomic E-state index is 0.507. The first-order valence-corrected chi connectivity index (χ1v) is 4.87. The summed E-state index contributed by atoms with van der Waals surface area (Å²) in [5, 5.41) is 3.37. The third kappa shape index (κ3) is 2.51. The number of hydrogen-bond acceptors (Lipinski definition) is 3. The highest BCUT2D eigenvalue weighted by atomic mass is 32.2. The van der Waals surface area contributed by atoms with Crippen LogP contribution < -0.4 is 5.46 Å². The van der Waals surface area contributed by atoms with E-state index in [9.17, 15) is 8.42 Å². The van der Waals surface area contributed by atoms with E-state index in [1.54, 1.807) is 16.8 Å². The fourth-order valence-electron chi connectivity index (χ4n) is 0.514. The third-order valence-corrected chi connectivity index (χ3v) is 2.10. The smallest absolute Gasteiger partial charge is 0.295 e. The SMILES string of the molecule is O=S(=O)(O)[B]c1ccsc1. The van der Waals surface area contributed by atoms with Crippen LogP contribution in [0.25, 0.3) is 0 Å². The summed E-state index contributed by atoms with van der Waals surface area (Å²) in [6.45, 7) is 0.809. The summed E-state index contributed by atoms with van der Waals surface area (Å²) >= 11 is 1.37. The van der Waals surface area contributed by atoms with Gasteiger partial charge in [0.05, 0.1) is 0 Å². The molecule has 0 aliphatic rings. The Morgan fingerprint density at radius 2 is 2.30 bits per heavy atom. The van der Waals surface area contributed by atoms with E-state index < -0.39 is 9.97 Å². The highest BCUT2D eigenvalue weighted by Gasteiger charge is 2.09. The lowest BCUT2D eigenvalue weighted by atomic mass is 9.99. The molecule has 1 rings (SSSR count). The van der Waals surface area contributed by atoms with Crippen molar-refractivity contribution in [3.63, 3.8) is 0 Å². The Labute approximate surface area is 63.6 Å². The molecule has 0 spiro atoms. The zero-order valence-corrected chi connectivity index (χ0v) is 6.52. The maximum Gasteiger partial charge on any atom is 0.355 e. The van der Waals surface area contributed by atoms with Gasteiger partial charge < -0.3 is 0 Å². The molecule has 1 radical (unpaired) electrons. The molecule has 1 N–H and O–H groups in total. The van der Waals surface area contributed by atoms with E-state index in [2.05, 4.69) is 0 Å². The van der Waals surface area contributed by atoms with Gasteiger partial charge in [-0.2, -0.15) is 11.3 Å². The van der Waals surface area contributed by atoms with Crippen molar-refractivity contribution in [2.45, 2.75) is 0 Å². The maximum atomic E-state index is 10.2. The topological polar surface area (TPSA) is 54.4 Å². The molecule has 53 valence electrons. The molecule has 0 bridgehead atoms. The molecule has 6 heteroatoms. The molecule has 3 nitrogen and oxygen atoms in total. The van der Waals surface area contributed by atoms with Crippen molar-refractivity contribution in [3.8, 4) is 0 Å². The molecule has 0 saturated heterocycles. The first kappa shape index (κ1) is 7.78. The van der Waals surface area contributed by atoms with Crippen molar-refractivity contribution in [3.05, 3.63) is 16.8 Å². The van der Waals surface area contributed by atoms with Crippen molar-refractivity contribution >= 4 is 33.3 Å². The average Bonchev–Trinajstić information content (AvgIpc) is 2.12. The molecule has 0 amide bonds. The van der Waals surface area contributed by atoms with Gasteiger partial charge in [0.2, 0.25) is 9.97 Å². The van der Waals surface area contributed by atoms with Crippen LogP contribution in [-0.4, -0.2) is 19.5 Å². The van der Waals surface area contributed by atoms with Crippen LogP contribution in [0.3, 0.4) is 0 Å². The van der Waals surface area contributed by atoms with Crippen molar-refractivity contribution in [1.82, 2.24) is 0 Å². The molecular weight excluding hydrogens is 171 g/mol. The fraction of sp³-hybridized carbons (Fsp3) is 0. The summed E-state index contributed by atoms with van der Waals surface area (Å²) in [5.74, 6) is 0. The van der Waals surface area contributed by atoms with Gasteiger partial charge in [-0.3, -0.25) is 4.55 Å². The summed E-state index contributed by atoms with van der Waals surface area (Å²) < 4.78 is 28.7. The van der Waals surface area contributed by atoms with Crippen LogP contribution in [0.5, 0.6) is 0 Å².